The quantitative estimate of drug-likeness (QED) is 0.793. The van der Waals surface area contributed by atoms with Crippen molar-refractivity contribution >= 4 is 5.91 Å². The first kappa shape index (κ1) is 12.9. The minimum absolute atomic E-state index is 0.225. The van der Waals surface area contributed by atoms with Gasteiger partial charge in [0.25, 0.3) is 0 Å². The predicted octanol–water partition coefficient (Wildman–Crippen LogP) is 1.88. The smallest absolute Gasteiger partial charge is 0.227 e. The molecule has 3 nitrogen and oxygen atoms in total. The fourth-order valence-electron chi connectivity index (χ4n) is 2.61. The van der Waals surface area contributed by atoms with Crippen LogP contribution in [0.4, 0.5) is 0 Å². The molecule has 3 heteroatoms. The Hall–Kier alpha value is -0.570. The second-order valence-electron chi connectivity index (χ2n) is 6.19. The summed E-state index contributed by atoms with van der Waals surface area (Å²) in [5.41, 5.74) is 0. The van der Waals surface area contributed by atoms with Gasteiger partial charge in [-0.3, -0.25) is 4.79 Å². The molecule has 2 fully saturated rings. The highest BCUT2D eigenvalue weighted by Gasteiger charge is 2.38. The van der Waals surface area contributed by atoms with Gasteiger partial charge in [0, 0.05) is 19.1 Å². The SMILES string of the molecule is CC(C)CCN(C(=O)[C@@H]1CNC[C@H]1C)C1CC1. The van der Waals surface area contributed by atoms with Gasteiger partial charge < -0.3 is 10.2 Å². The van der Waals surface area contributed by atoms with E-state index in [4.69, 9.17) is 0 Å². The van der Waals surface area contributed by atoms with Crippen LogP contribution in [-0.4, -0.2) is 36.5 Å². The van der Waals surface area contributed by atoms with Crippen LogP contribution in [0.1, 0.15) is 40.0 Å². The van der Waals surface area contributed by atoms with E-state index in [9.17, 15) is 4.79 Å². The highest BCUT2D eigenvalue weighted by Crippen LogP contribution is 2.30. The minimum Gasteiger partial charge on any atom is -0.339 e. The zero-order chi connectivity index (χ0) is 12.4. The molecule has 0 radical (unpaired) electrons. The van der Waals surface area contributed by atoms with Crippen LogP contribution in [0, 0.1) is 17.8 Å². The maximum atomic E-state index is 12.5. The van der Waals surface area contributed by atoms with Crippen molar-refractivity contribution in [3.8, 4) is 0 Å². The van der Waals surface area contributed by atoms with E-state index in [1.54, 1.807) is 0 Å². The fraction of sp³-hybridized carbons (Fsp3) is 0.929. The summed E-state index contributed by atoms with van der Waals surface area (Å²) in [6.45, 7) is 9.50. The fourth-order valence-corrected chi connectivity index (χ4v) is 2.61. The van der Waals surface area contributed by atoms with Crippen LogP contribution >= 0.6 is 0 Å². The first-order valence-corrected chi connectivity index (χ1v) is 7.10. The van der Waals surface area contributed by atoms with Gasteiger partial charge in [-0.05, 0) is 37.6 Å². The number of hydrogen-bond donors (Lipinski definition) is 1. The van der Waals surface area contributed by atoms with Crippen molar-refractivity contribution in [2.75, 3.05) is 19.6 Å². The van der Waals surface area contributed by atoms with Crippen molar-refractivity contribution in [1.29, 1.82) is 0 Å². The molecule has 1 N–H and O–H groups in total. The van der Waals surface area contributed by atoms with E-state index in [0.29, 0.717) is 23.8 Å². The van der Waals surface area contributed by atoms with E-state index >= 15 is 0 Å². The number of nitrogens with zero attached hydrogens (tertiary/aromatic N) is 1. The Balaban J connectivity index is 1.92. The third-order valence-electron chi connectivity index (χ3n) is 4.05. The maximum absolute atomic E-state index is 12.5. The molecule has 1 aliphatic heterocycles. The second kappa shape index (κ2) is 5.38. The Morgan fingerprint density at radius 3 is 2.53 bits per heavy atom. The van der Waals surface area contributed by atoms with Crippen molar-refractivity contribution in [1.82, 2.24) is 10.2 Å². The molecule has 1 aliphatic carbocycles. The largest absolute Gasteiger partial charge is 0.339 e. The van der Waals surface area contributed by atoms with Crippen LogP contribution in [0.2, 0.25) is 0 Å². The number of carbonyl (C=O) groups excluding carboxylic acids is 1. The van der Waals surface area contributed by atoms with Crippen LogP contribution in [0.5, 0.6) is 0 Å². The number of hydrogen-bond acceptors (Lipinski definition) is 2. The lowest BCUT2D eigenvalue weighted by molar-refractivity contribution is -0.136. The summed E-state index contributed by atoms with van der Waals surface area (Å²) in [6, 6.07) is 0.564. The normalized spacial score (nSPS) is 28.7. The molecular formula is C14H26N2O. The molecule has 2 atom stereocenters. The molecule has 0 spiro atoms. The van der Waals surface area contributed by atoms with Crippen molar-refractivity contribution in [2.24, 2.45) is 17.8 Å². The number of nitrogens with one attached hydrogen (secondary N) is 1. The van der Waals surface area contributed by atoms with Crippen LogP contribution in [0.3, 0.4) is 0 Å². The Morgan fingerprint density at radius 2 is 2.06 bits per heavy atom. The average Bonchev–Trinajstić information content (AvgIpc) is 3.00. The molecule has 0 bridgehead atoms. The molecule has 98 valence electrons. The summed E-state index contributed by atoms with van der Waals surface area (Å²) >= 11 is 0. The molecule has 1 amide bonds. The Bertz CT molecular complexity index is 273. The van der Waals surface area contributed by atoms with Gasteiger partial charge in [0.15, 0.2) is 0 Å². The summed E-state index contributed by atoms with van der Waals surface area (Å²) in [5, 5.41) is 3.33. The van der Waals surface area contributed by atoms with Crippen molar-refractivity contribution in [3.63, 3.8) is 0 Å². The molecule has 17 heavy (non-hydrogen) atoms. The molecule has 2 aliphatic rings. The topological polar surface area (TPSA) is 32.3 Å². The summed E-state index contributed by atoms with van der Waals surface area (Å²) < 4.78 is 0. The highest BCUT2D eigenvalue weighted by molar-refractivity contribution is 5.80. The molecule has 1 heterocycles. The Kier molecular flexibility index (Phi) is 4.08. The summed E-state index contributed by atoms with van der Waals surface area (Å²) in [5.74, 6) is 1.82. The molecular weight excluding hydrogens is 212 g/mol. The lowest BCUT2D eigenvalue weighted by Gasteiger charge is -2.27. The molecule has 1 saturated heterocycles. The Morgan fingerprint density at radius 1 is 1.35 bits per heavy atom. The van der Waals surface area contributed by atoms with Gasteiger partial charge >= 0.3 is 0 Å². The third kappa shape index (κ3) is 3.21. The van der Waals surface area contributed by atoms with Gasteiger partial charge in [0.2, 0.25) is 5.91 Å². The lowest BCUT2D eigenvalue weighted by Crippen LogP contribution is -2.41. The standard InChI is InChI=1S/C14H26N2O/c1-10(2)6-7-16(12-4-5-12)14(17)13-9-15-8-11(13)3/h10-13,15H,4-9H2,1-3H3/t11-,13-/m1/s1. The van der Waals surface area contributed by atoms with Gasteiger partial charge in [0.1, 0.15) is 0 Å². The molecule has 0 aromatic heterocycles. The molecule has 0 unspecified atom stereocenters. The van der Waals surface area contributed by atoms with Crippen LogP contribution < -0.4 is 5.32 Å². The zero-order valence-electron chi connectivity index (χ0n) is 11.4. The van der Waals surface area contributed by atoms with E-state index in [1.165, 1.54) is 12.8 Å². The van der Waals surface area contributed by atoms with Crippen molar-refractivity contribution < 1.29 is 4.79 Å². The van der Waals surface area contributed by atoms with Crippen LogP contribution in [0.25, 0.3) is 0 Å². The average molecular weight is 238 g/mol. The summed E-state index contributed by atoms with van der Waals surface area (Å²) in [4.78, 5) is 14.7. The monoisotopic (exact) mass is 238 g/mol. The van der Waals surface area contributed by atoms with Crippen LogP contribution in [-0.2, 0) is 4.79 Å². The number of amides is 1. The van der Waals surface area contributed by atoms with Crippen LogP contribution in [0.15, 0.2) is 0 Å². The Labute approximate surface area is 105 Å². The molecule has 1 saturated carbocycles. The van der Waals surface area contributed by atoms with E-state index in [0.717, 1.165) is 26.1 Å². The first-order chi connectivity index (χ1) is 8.09. The second-order valence-corrected chi connectivity index (χ2v) is 6.19. The van der Waals surface area contributed by atoms with E-state index < -0.39 is 0 Å². The van der Waals surface area contributed by atoms with E-state index in [2.05, 4.69) is 31.0 Å². The lowest BCUT2D eigenvalue weighted by atomic mass is 9.96. The van der Waals surface area contributed by atoms with Gasteiger partial charge in [-0.25, -0.2) is 0 Å². The molecule has 0 aromatic rings. The maximum Gasteiger partial charge on any atom is 0.227 e. The molecule has 2 rings (SSSR count). The van der Waals surface area contributed by atoms with Gasteiger partial charge in [-0.15, -0.1) is 0 Å². The van der Waals surface area contributed by atoms with Gasteiger partial charge in [-0.2, -0.15) is 0 Å². The van der Waals surface area contributed by atoms with E-state index in [-0.39, 0.29) is 5.92 Å². The van der Waals surface area contributed by atoms with Gasteiger partial charge in [0.05, 0.1) is 5.92 Å². The third-order valence-corrected chi connectivity index (χ3v) is 4.05. The van der Waals surface area contributed by atoms with Crippen molar-refractivity contribution in [3.05, 3.63) is 0 Å². The highest BCUT2D eigenvalue weighted by atomic mass is 16.2. The first-order valence-electron chi connectivity index (χ1n) is 7.10. The summed E-state index contributed by atoms with van der Waals surface area (Å²) in [6.07, 6.45) is 3.58. The van der Waals surface area contributed by atoms with Crippen molar-refractivity contribution in [2.45, 2.75) is 46.1 Å². The zero-order valence-corrected chi connectivity index (χ0v) is 11.4. The minimum atomic E-state index is 0.225. The predicted molar refractivity (Wildman–Crippen MR) is 69.7 cm³/mol. The number of carbonyl (C=O) groups is 1. The van der Waals surface area contributed by atoms with E-state index in [1.807, 2.05) is 0 Å². The van der Waals surface area contributed by atoms with Gasteiger partial charge in [-0.1, -0.05) is 20.8 Å². The molecule has 0 aromatic carbocycles. The number of rotatable bonds is 5. The summed E-state index contributed by atoms with van der Waals surface area (Å²) in [7, 11) is 0.